The fraction of sp³-hybridized carbons (Fsp3) is 0.211. The van der Waals surface area contributed by atoms with Crippen LogP contribution in [-0.4, -0.2) is 36.4 Å². The molecule has 0 saturated heterocycles. The Kier molecular flexibility index (Phi) is 6.09. The molecule has 1 aromatic carbocycles. The second-order valence-electron chi connectivity index (χ2n) is 6.13. The van der Waals surface area contributed by atoms with Crippen LogP contribution in [0, 0.1) is 31.0 Å². The summed E-state index contributed by atoms with van der Waals surface area (Å²) in [7, 11) is 0. The number of anilines is 1. The van der Waals surface area contributed by atoms with Crippen LogP contribution in [0.1, 0.15) is 16.8 Å². The Morgan fingerprint density at radius 2 is 2.10 bits per heavy atom. The van der Waals surface area contributed by atoms with Crippen LogP contribution in [-0.2, 0) is 11.3 Å². The third kappa shape index (κ3) is 4.20. The van der Waals surface area contributed by atoms with E-state index in [-0.39, 0.29) is 17.5 Å². The van der Waals surface area contributed by atoms with E-state index < -0.39 is 0 Å². The van der Waals surface area contributed by atoms with Crippen molar-refractivity contribution < 1.29 is 9.18 Å². The van der Waals surface area contributed by atoms with Gasteiger partial charge in [-0.25, -0.2) is 9.07 Å². The lowest BCUT2D eigenvalue weighted by Gasteiger charge is -2.13. The molecule has 1 amide bonds. The number of nitrogens with one attached hydrogen (secondary N) is 1. The number of aromatic nitrogens is 5. The predicted octanol–water partition coefficient (Wildman–Crippen LogP) is 3.01. The standard InChI is InChI=1S/C19H18FN7OS/c1-4-9-26-19(23-24-25-26)29-11-17(28)22-18-16(10-21)12(2)13(3)27(18)15-7-5-14(20)6-8-15/h4-8H,1,9,11H2,2-3H3,(H,22,28). The summed E-state index contributed by atoms with van der Waals surface area (Å²) in [5.41, 5.74) is 2.54. The molecule has 0 radical (unpaired) electrons. The molecule has 29 heavy (non-hydrogen) atoms. The minimum atomic E-state index is -0.366. The molecule has 1 N–H and O–H groups in total. The second kappa shape index (κ2) is 8.70. The highest BCUT2D eigenvalue weighted by Crippen LogP contribution is 2.30. The van der Waals surface area contributed by atoms with Gasteiger partial charge in [-0.15, -0.1) is 11.7 Å². The fourth-order valence-corrected chi connectivity index (χ4v) is 3.50. The number of halogens is 1. The fourth-order valence-electron chi connectivity index (χ4n) is 2.81. The van der Waals surface area contributed by atoms with Gasteiger partial charge >= 0.3 is 0 Å². The minimum Gasteiger partial charge on any atom is -0.310 e. The molecule has 2 heterocycles. The molecule has 0 bridgehead atoms. The van der Waals surface area contributed by atoms with E-state index >= 15 is 0 Å². The first-order valence-corrected chi connectivity index (χ1v) is 9.62. The van der Waals surface area contributed by atoms with E-state index in [1.165, 1.54) is 28.6 Å². The highest BCUT2D eigenvalue weighted by atomic mass is 32.2. The molecule has 2 aromatic heterocycles. The van der Waals surface area contributed by atoms with Crippen LogP contribution in [0.2, 0.25) is 0 Å². The second-order valence-corrected chi connectivity index (χ2v) is 7.07. The van der Waals surface area contributed by atoms with Gasteiger partial charge < -0.3 is 5.32 Å². The quantitative estimate of drug-likeness (QED) is 0.474. The Labute approximate surface area is 171 Å². The monoisotopic (exact) mass is 411 g/mol. The van der Waals surface area contributed by atoms with E-state index in [2.05, 4.69) is 33.5 Å². The van der Waals surface area contributed by atoms with Gasteiger partial charge in [0.25, 0.3) is 0 Å². The lowest BCUT2D eigenvalue weighted by molar-refractivity contribution is -0.113. The van der Waals surface area contributed by atoms with Crippen molar-refractivity contribution in [2.24, 2.45) is 0 Å². The average Bonchev–Trinajstić information content (AvgIpc) is 3.24. The number of carbonyl (C=O) groups excluding carboxylic acids is 1. The summed E-state index contributed by atoms with van der Waals surface area (Å²) in [5.74, 6) is -0.282. The van der Waals surface area contributed by atoms with E-state index in [4.69, 9.17) is 0 Å². The number of rotatable bonds is 7. The molecule has 0 aliphatic heterocycles. The first kappa shape index (κ1) is 20.3. The summed E-state index contributed by atoms with van der Waals surface area (Å²) in [4.78, 5) is 12.6. The lowest BCUT2D eigenvalue weighted by atomic mass is 10.2. The maximum Gasteiger partial charge on any atom is 0.236 e. The van der Waals surface area contributed by atoms with E-state index in [0.717, 1.165) is 11.3 Å². The van der Waals surface area contributed by atoms with E-state index in [1.54, 1.807) is 22.8 Å². The normalized spacial score (nSPS) is 10.6. The van der Waals surface area contributed by atoms with Crippen molar-refractivity contribution in [3.63, 3.8) is 0 Å². The van der Waals surface area contributed by atoms with Gasteiger partial charge in [0.1, 0.15) is 17.7 Å². The number of thioether (sulfide) groups is 1. The average molecular weight is 411 g/mol. The Hall–Kier alpha value is -3.45. The van der Waals surface area contributed by atoms with Gasteiger partial charge in [-0.1, -0.05) is 17.8 Å². The van der Waals surface area contributed by atoms with E-state index in [1.807, 2.05) is 13.8 Å². The number of tetrazole rings is 1. The van der Waals surface area contributed by atoms with Crippen LogP contribution in [0.15, 0.2) is 42.1 Å². The van der Waals surface area contributed by atoms with Crippen LogP contribution in [0.5, 0.6) is 0 Å². The summed E-state index contributed by atoms with van der Waals surface area (Å²) in [6.07, 6.45) is 1.65. The number of nitriles is 1. The molecule has 8 nitrogen and oxygen atoms in total. The molecule has 0 fully saturated rings. The molecule has 3 rings (SSSR count). The van der Waals surface area contributed by atoms with Crippen molar-refractivity contribution >= 4 is 23.5 Å². The maximum atomic E-state index is 13.3. The zero-order chi connectivity index (χ0) is 21.0. The molecule has 0 atom stereocenters. The zero-order valence-corrected chi connectivity index (χ0v) is 16.7. The highest BCUT2D eigenvalue weighted by Gasteiger charge is 2.21. The van der Waals surface area contributed by atoms with Crippen LogP contribution in [0.25, 0.3) is 5.69 Å². The molecular weight excluding hydrogens is 393 g/mol. The number of nitrogens with zero attached hydrogens (tertiary/aromatic N) is 6. The van der Waals surface area contributed by atoms with Gasteiger partial charge in [0.15, 0.2) is 0 Å². The maximum absolute atomic E-state index is 13.3. The van der Waals surface area contributed by atoms with Crippen molar-refractivity contribution in [3.05, 3.63) is 59.6 Å². The molecule has 0 aliphatic rings. The molecule has 148 valence electrons. The van der Waals surface area contributed by atoms with Crippen LogP contribution < -0.4 is 5.32 Å². The Morgan fingerprint density at radius 1 is 1.38 bits per heavy atom. The number of hydrogen-bond acceptors (Lipinski definition) is 6. The number of hydrogen-bond donors (Lipinski definition) is 1. The molecule has 0 saturated carbocycles. The van der Waals surface area contributed by atoms with Crippen LogP contribution >= 0.6 is 11.8 Å². The molecular formula is C19H18FN7OS. The Balaban J connectivity index is 1.86. The van der Waals surface area contributed by atoms with Gasteiger partial charge in [-0.05, 0) is 54.1 Å². The number of allylic oxidation sites excluding steroid dienone is 1. The first-order valence-electron chi connectivity index (χ1n) is 8.64. The SMILES string of the molecule is C=CCn1nnnc1SCC(=O)Nc1c(C#N)c(C)c(C)n1-c1ccc(F)cc1. The minimum absolute atomic E-state index is 0.0507. The van der Waals surface area contributed by atoms with Gasteiger partial charge in [0.2, 0.25) is 11.1 Å². The van der Waals surface area contributed by atoms with Gasteiger partial charge in [-0.3, -0.25) is 9.36 Å². The Bertz CT molecular complexity index is 1100. The molecule has 10 heteroatoms. The van der Waals surface area contributed by atoms with E-state index in [0.29, 0.717) is 28.8 Å². The molecule has 0 aliphatic carbocycles. The van der Waals surface area contributed by atoms with Crippen molar-refractivity contribution in [2.75, 3.05) is 11.1 Å². The summed E-state index contributed by atoms with van der Waals surface area (Å²) < 4.78 is 16.6. The molecule has 3 aromatic rings. The van der Waals surface area contributed by atoms with Crippen molar-refractivity contribution in [1.82, 2.24) is 24.8 Å². The van der Waals surface area contributed by atoms with Gasteiger partial charge in [0.05, 0.1) is 17.9 Å². The summed E-state index contributed by atoms with van der Waals surface area (Å²) in [6, 6.07) is 7.99. The van der Waals surface area contributed by atoms with E-state index in [9.17, 15) is 14.4 Å². The van der Waals surface area contributed by atoms with Crippen LogP contribution in [0.4, 0.5) is 10.2 Å². The number of benzene rings is 1. The summed E-state index contributed by atoms with van der Waals surface area (Å²) in [6.45, 7) is 7.72. The Morgan fingerprint density at radius 3 is 2.76 bits per heavy atom. The number of carbonyl (C=O) groups is 1. The third-order valence-corrected chi connectivity index (χ3v) is 5.26. The summed E-state index contributed by atoms with van der Waals surface area (Å²) >= 11 is 1.17. The molecule has 0 spiro atoms. The molecule has 0 unspecified atom stereocenters. The number of amides is 1. The van der Waals surface area contributed by atoms with Crippen molar-refractivity contribution in [3.8, 4) is 11.8 Å². The third-order valence-electron chi connectivity index (χ3n) is 4.30. The first-order chi connectivity index (χ1) is 14.0. The van der Waals surface area contributed by atoms with Gasteiger partial charge in [-0.2, -0.15) is 5.26 Å². The zero-order valence-electron chi connectivity index (χ0n) is 15.9. The summed E-state index contributed by atoms with van der Waals surface area (Å²) in [5, 5.41) is 24.2. The smallest absolute Gasteiger partial charge is 0.236 e. The van der Waals surface area contributed by atoms with Crippen molar-refractivity contribution in [2.45, 2.75) is 25.5 Å². The topological polar surface area (TPSA) is 101 Å². The highest BCUT2D eigenvalue weighted by molar-refractivity contribution is 7.99. The predicted molar refractivity (Wildman–Crippen MR) is 107 cm³/mol. The van der Waals surface area contributed by atoms with Gasteiger partial charge in [0, 0.05) is 11.4 Å². The van der Waals surface area contributed by atoms with Crippen molar-refractivity contribution in [1.29, 1.82) is 5.26 Å². The largest absolute Gasteiger partial charge is 0.310 e. The lowest BCUT2D eigenvalue weighted by Crippen LogP contribution is -2.18. The van der Waals surface area contributed by atoms with Crippen LogP contribution in [0.3, 0.4) is 0 Å².